The number of halogens is 1. The minimum absolute atomic E-state index is 0. The SMILES string of the molecule is CN=C(NCc1cccc(NC(C)=O)c1)NCC(c1ccccc1)N1CCCC1.I. The number of hydrogen-bond donors (Lipinski definition) is 3. The summed E-state index contributed by atoms with van der Waals surface area (Å²) in [6.07, 6.45) is 2.53. The summed E-state index contributed by atoms with van der Waals surface area (Å²) in [5.41, 5.74) is 3.22. The van der Waals surface area contributed by atoms with Crippen molar-refractivity contribution >= 4 is 41.5 Å². The van der Waals surface area contributed by atoms with Crippen molar-refractivity contribution in [1.82, 2.24) is 15.5 Å². The number of carbonyl (C=O) groups is 1. The molecule has 1 saturated heterocycles. The van der Waals surface area contributed by atoms with Gasteiger partial charge in [0.25, 0.3) is 0 Å². The van der Waals surface area contributed by atoms with E-state index in [1.807, 2.05) is 24.3 Å². The summed E-state index contributed by atoms with van der Waals surface area (Å²) >= 11 is 0. The van der Waals surface area contributed by atoms with Gasteiger partial charge >= 0.3 is 0 Å². The van der Waals surface area contributed by atoms with Crippen molar-refractivity contribution in [3.05, 3.63) is 65.7 Å². The van der Waals surface area contributed by atoms with Gasteiger partial charge in [0, 0.05) is 32.7 Å². The number of rotatable bonds is 7. The average molecular weight is 521 g/mol. The summed E-state index contributed by atoms with van der Waals surface area (Å²) in [5.74, 6) is 0.705. The minimum atomic E-state index is -0.0681. The van der Waals surface area contributed by atoms with Gasteiger partial charge in [-0.05, 0) is 49.2 Å². The second-order valence-electron chi connectivity index (χ2n) is 7.36. The van der Waals surface area contributed by atoms with E-state index in [1.54, 1.807) is 7.05 Å². The van der Waals surface area contributed by atoms with Crippen LogP contribution in [0.4, 0.5) is 5.69 Å². The molecule has 0 bridgehead atoms. The second-order valence-corrected chi connectivity index (χ2v) is 7.36. The third-order valence-electron chi connectivity index (χ3n) is 5.16. The largest absolute Gasteiger partial charge is 0.354 e. The molecule has 0 spiro atoms. The highest BCUT2D eigenvalue weighted by molar-refractivity contribution is 14.0. The van der Waals surface area contributed by atoms with Crippen molar-refractivity contribution in [3.8, 4) is 0 Å². The fourth-order valence-electron chi connectivity index (χ4n) is 3.75. The number of anilines is 1. The van der Waals surface area contributed by atoms with Gasteiger partial charge in [-0.15, -0.1) is 24.0 Å². The molecule has 0 aliphatic carbocycles. The van der Waals surface area contributed by atoms with Crippen molar-refractivity contribution < 1.29 is 4.79 Å². The van der Waals surface area contributed by atoms with Crippen molar-refractivity contribution in [2.45, 2.75) is 32.4 Å². The summed E-state index contributed by atoms with van der Waals surface area (Å²) in [6, 6.07) is 18.8. The molecule has 3 N–H and O–H groups in total. The minimum Gasteiger partial charge on any atom is -0.354 e. The maximum Gasteiger partial charge on any atom is 0.221 e. The number of benzene rings is 2. The van der Waals surface area contributed by atoms with E-state index in [4.69, 9.17) is 0 Å². The van der Waals surface area contributed by atoms with Gasteiger partial charge in [-0.25, -0.2) is 0 Å². The molecule has 0 aromatic heterocycles. The van der Waals surface area contributed by atoms with Gasteiger partial charge in [0.05, 0.1) is 6.04 Å². The van der Waals surface area contributed by atoms with Crippen LogP contribution in [0.25, 0.3) is 0 Å². The van der Waals surface area contributed by atoms with Crippen molar-refractivity contribution in [2.75, 3.05) is 32.0 Å². The molecule has 2 aromatic carbocycles. The Morgan fingerprint density at radius 2 is 1.80 bits per heavy atom. The van der Waals surface area contributed by atoms with E-state index < -0.39 is 0 Å². The molecular formula is C23H32IN5O. The van der Waals surface area contributed by atoms with E-state index in [0.29, 0.717) is 12.6 Å². The van der Waals surface area contributed by atoms with Crippen LogP contribution in [-0.4, -0.2) is 43.4 Å². The van der Waals surface area contributed by atoms with Crippen molar-refractivity contribution in [1.29, 1.82) is 0 Å². The first kappa shape index (κ1) is 24.1. The van der Waals surface area contributed by atoms with Crippen LogP contribution in [0.15, 0.2) is 59.6 Å². The Kier molecular flexibility index (Phi) is 10.1. The quantitative estimate of drug-likeness (QED) is 0.295. The van der Waals surface area contributed by atoms with Gasteiger partial charge in [-0.2, -0.15) is 0 Å². The number of likely N-dealkylation sites (tertiary alicyclic amines) is 1. The standard InChI is InChI=1S/C23H31N5O.HI/c1-18(29)27-21-12-8-9-19(15-21)16-25-23(24-2)26-17-22(28-13-6-7-14-28)20-10-4-3-5-11-20;/h3-5,8-12,15,22H,6-7,13-14,16-17H2,1-2H3,(H,27,29)(H2,24,25,26);1H. The monoisotopic (exact) mass is 521 g/mol. The van der Waals surface area contributed by atoms with Gasteiger partial charge in [0.1, 0.15) is 0 Å². The Hall–Kier alpha value is -2.13. The topological polar surface area (TPSA) is 68.8 Å². The van der Waals surface area contributed by atoms with Crippen LogP contribution < -0.4 is 16.0 Å². The predicted molar refractivity (Wildman–Crippen MR) is 134 cm³/mol. The third kappa shape index (κ3) is 7.28. The second kappa shape index (κ2) is 12.5. The predicted octanol–water partition coefficient (Wildman–Crippen LogP) is 3.77. The van der Waals surface area contributed by atoms with Crippen molar-refractivity contribution in [2.24, 2.45) is 4.99 Å². The van der Waals surface area contributed by atoms with Gasteiger partial charge < -0.3 is 16.0 Å². The lowest BCUT2D eigenvalue weighted by Gasteiger charge is -2.29. The number of carbonyl (C=O) groups excluding carboxylic acids is 1. The first-order valence-electron chi connectivity index (χ1n) is 10.3. The Morgan fingerprint density at radius 3 is 2.47 bits per heavy atom. The van der Waals surface area contributed by atoms with E-state index in [0.717, 1.165) is 36.8 Å². The van der Waals surface area contributed by atoms with Crippen LogP contribution in [-0.2, 0) is 11.3 Å². The molecule has 1 heterocycles. The molecule has 0 saturated carbocycles. The number of guanidine groups is 1. The van der Waals surface area contributed by atoms with Crippen LogP contribution in [0.3, 0.4) is 0 Å². The molecule has 1 aliphatic rings. The van der Waals surface area contributed by atoms with Gasteiger partial charge in [0.15, 0.2) is 5.96 Å². The maximum absolute atomic E-state index is 11.3. The molecule has 1 aliphatic heterocycles. The van der Waals surface area contributed by atoms with E-state index in [-0.39, 0.29) is 29.9 Å². The third-order valence-corrected chi connectivity index (χ3v) is 5.16. The molecule has 1 unspecified atom stereocenters. The van der Waals surface area contributed by atoms with Crippen LogP contribution >= 0.6 is 24.0 Å². The summed E-state index contributed by atoms with van der Waals surface area (Å²) in [6.45, 7) is 5.23. The van der Waals surface area contributed by atoms with Gasteiger partial charge in [-0.3, -0.25) is 14.7 Å². The zero-order chi connectivity index (χ0) is 20.5. The number of nitrogens with zero attached hydrogens (tertiary/aromatic N) is 2. The van der Waals surface area contributed by atoms with Crippen molar-refractivity contribution in [3.63, 3.8) is 0 Å². The van der Waals surface area contributed by atoms with E-state index >= 15 is 0 Å². The summed E-state index contributed by atoms with van der Waals surface area (Å²) in [4.78, 5) is 18.2. The Morgan fingerprint density at radius 1 is 1.07 bits per heavy atom. The number of amides is 1. The van der Waals surface area contributed by atoms with E-state index in [9.17, 15) is 4.79 Å². The first-order valence-corrected chi connectivity index (χ1v) is 10.3. The zero-order valence-electron chi connectivity index (χ0n) is 17.7. The highest BCUT2D eigenvalue weighted by Crippen LogP contribution is 2.24. The van der Waals surface area contributed by atoms with Crippen LogP contribution in [0.5, 0.6) is 0 Å². The Balaban J connectivity index is 0.00000320. The molecular weight excluding hydrogens is 489 g/mol. The van der Waals surface area contributed by atoms with E-state index in [2.05, 4.69) is 56.2 Å². The molecule has 162 valence electrons. The highest BCUT2D eigenvalue weighted by Gasteiger charge is 2.23. The molecule has 1 fully saturated rings. The molecule has 6 nitrogen and oxygen atoms in total. The molecule has 3 rings (SSSR count). The van der Waals surface area contributed by atoms with Crippen LogP contribution in [0.1, 0.15) is 36.9 Å². The van der Waals surface area contributed by atoms with Gasteiger partial charge in [-0.1, -0.05) is 42.5 Å². The summed E-state index contributed by atoms with van der Waals surface area (Å²) in [7, 11) is 1.79. The molecule has 0 radical (unpaired) electrons. The molecule has 7 heteroatoms. The van der Waals surface area contributed by atoms with Crippen LogP contribution in [0.2, 0.25) is 0 Å². The fourth-order valence-corrected chi connectivity index (χ4v) is 3.75. The molecule has 1 atom stereocenters. The summed E-state index contributed by atoms with van der Waals surface area (Å²) in [5, 5.41) is 9.68. The zero-order valence-corrected chi connectivity index (χ0v) is 20.1. The normalized spacial score (nSPS) is 15.2. The lowest BCUT2D eigenvalue weighted by Crippen LogP contribution is -2.42. The fraction of sp³-hybridized carbons (Fsp3) is 0.391. The van der Waals surface area contributed by atoms with E-state index in [1.165, 1.54) is 25.3 Å². The summed E-state index contributed by atoms with van der Waals surface area (Å²) < 4.78 is 0. The number of aliphatic imine (C=N–C) groups is 1. The first-order chi connectivity index (χ1) is 14.2. The maximum atomic E-state index is 11.3. The Labute approximate surface area is 196 Å². The lowest BCUT2D eigenvalue weighted by molar-refractivity contribution is -0.114. The lowest BCUT2D eigenvalue weighted by atomic mass is 10.1. The smallest absolute Gasteiger partial charge is 0.221 e. The highest BCUT2D eigenvalue weighted by atomic mass is 127. The number of nitrogens with one attached hydrogen (secondary N) is 3. The molecule has 1 amide bonds. The van der Waals surface area contributed by atoms with Gasteiger partial charge in [0.2, 0.25) is 5.91 Å². The number of hydrogen-bond acceptors (Lipinski definition) is 3. The Bertz CT molecular complexity index is 821. The molecule has 30 heavy (non-hydrogen) atoms. The average Bonchev–Trinajstić information content (AvgIpc) is 3.25. The van der Waals surface area contributed by atoms with Crippen LogP contribution in [0, 0.1) is 0 Å². The molecule has 2 aromatic rings.